The number of carbonyl (C=O) groups excluding carboxylic acids is 1. The third kappa shape index (κ3) is 39.8. The first kappa shape index (κ1) is 49.7. The van der Waals surface area contributed by atoms with Gasteiger partial charge in [0.2, 0.25) is 0 Å². The molecule has 0 saturated carbocycles. The molecule has 0 radical (unpaired) electrons. The number of nitrogens with two attached hydrogens (primary N) is 1. The SMILES string of the molecule is CCCCCCC/C=C\C/C=C\C/C=C\CCCCCCCCCCC(=O)OC(COCCCCCCCCCCC)COP(=O)(O)OCCN. The number of ether oxygens (including phenoxy) is 2. The molecule has 0 aliphatic heterocycles. The maximum absolute atomic E-state index is 12.5. The number of esters is 1. The fraction of sp³-hybridized carbons (Fsp3) is 0.833. The minimum Gasteiger partial charge on any atom is -0.457 e. The van der Waals surface area contributed by atoms with E-state index in [1.165, 1.54) is 116 Å². The van der Waals surface area contributed by atoms with Gasteiger partial charge in [-0.3, -0.25) is 13.8 Å². The fourth-order valence-corrected chi connectivity index (χ4v) is 6.47. The van der Waals surface area contributed by atoms with E-state index in [1.54, 1.807) is 0 Å². The van der Waals surface area contributed by atoms with E-state index < -0.39 is 13.9 Å². The molecule has 0 heterocycles. The number of phosphoric acid groups is 1. The second-order valence-corrected chi connectivity index (χ2v) is 15.3. The summed E-state index contributed by atoms with van der Waals surface area (Å²) in [6, 6.07) is 0. The van der Waals surface area contributed by atoms with Crippen molar-refractivity contribution in [1.29, 1.82) is 0 Å². The van der Waals surface area contributed by atoms with Crippen LogP contribution >= 0.6 is 7.82 Å². The molecule has 2 atom stereocenters. The summed E-state index contributed by atoms with van der Waals surface area (Å²) in [5.74, 6) is -0.338. The summed E-state index contributed by atoms with van der Waals surface area (Å²) in [5.41, 5.74) is 5.35. The van der Waals surface area contributed by atoms with E-state index in [-0.39, 0.29) is 32.3 Å². The number of hydrogen-bond acceptors (Lipinski definition) is 7. The zero-order valence-corrected chi connectivity index (χ0v) is 34.0. The lowest BCUT2D eigenvalue weighted by Crippen LogP contribution is -2.28. The lowest BCUT2D eigenvalue weighted by Gasteiger charge is -2.20. The molecule has 0 amide bonds. The first-order valence-corrected chi connectivity index (χ1v) is 22.5. The van der Waals surface area contributed by atoms with Gasteiger partial charge in [-0.25, -0.2) is 4.57 Å². The maximum atomic E-state index is 12.5. The Hall–Kier alpha value is -1.28. The highest BCUT2D eigenvalue weighted by Crippen LogP contribution is 2.43. The van der Waals surface area contributed by atoms with Crippen LogP contribution in [-0.2, 0) is 27.9 Å². The number of carbonyl (C=O) groups is 1. The van der Waals surface area contributed by atoms with Crippen molar-refractivity contribution in [3.05, 3.63) is 36.5 Å². The van der Waals surface area contributed by atoms with Crippen molar-refractivity contribution in [2.45, 2.75) is 193 Å². The zero-order valence-electron chi connectivity index (χ0n) is 33.1. The third-order valence-electron chi connectivity index (χ3n) is 8.81. The van der Waals surface area contributed by atoms with Gasteiger partial charge in [0.15, 0.2) is 0 Å². The molecular formula is C42H80NO7P. The van der Waals surface area contributed by atoms with E-state index in [0.717, 1.165) is 51.4 Å². The van der Waals surface area contributed by atoms with Gasteiger partial charge in [-0.15, -0.1) is 0 Å². The summed E-state index contributed by atoms with van der Waals surface area (Å²) < 4.78 is 33.3. The zero-order chi connectivity index (χ0) is 37.4. The average Bonchev–Trinajstić information content (AvgIpc) is 3.12. The number of rotatable bonds is 40. The molecule has 0 aromatic rings. The number of phosphoric ester groups is 1. The average molecular weight is 742 g/mol. The monoisotopic (exact) mass is 742 g/mol. The van der Waals surface area contributed by atoms with Gasteiger partial charge in [0, 0.05) is 19.6 Å². The highest BCUT2D eigenvalue weighted by atomic mass is 31.2. The second-order valence-electron chi connectivity index (χ2n) is 13.9. The smallest absolute Gasteiger partial charge is 0.457 e. The Morgan fingerprint density at radius 2 is 1.04 bits per heavy atom. The van der Waals surface area contributed by atoms with E-state index in [0.29, 0.717) is 13.0 Å². The van der Waals surface area contributed by atoms with Crippen molar-refractivity contribution < 1.29 is 32.8 Å². The molecule has 0 aliphatic rings. The van der Waals surface area contributed by atoms with E-state index in [2.05, 4.69) is 50.3 Å². The molecule has 0 spiro atoms. The first-order valence-electron chi connectivity index (χ1n) is 21.0. The normalized spacial score (nSPS) is 13.9. The van der Waals surface area contributed by atoms with Gasteiger partial charge < -0.3 is 20.1 Å². The predicted molar refractivity (Wildman–Crippen MR) is 215 cm³/mol. The summed E-state index contributed by atoms with van der Waals surface area (Å²) in [4.78, 5) is 22.4. The lowest BCUT2D eigenvalue weighted by molar-refractivity contribution is -0.154. The Bertz CT molecular complexity index is 879. The van der Waals surface area contributed by atoms with Gasteiger partial charge in [-0.05, 0) is 51.4 Å². The van der Waals surface area contributed by atoms with Gasteiger partial charge >= 0.3 is 13.8 Å². The van der Waals surface area contributed by atoms with Gasteiger partial charge in [0.25, 0.3) is 0 Å². The van der Waals surface area contributed by atoms with Gasteiger partial charge in [-0.1, -0.05) is 166 Å². The molecule has 51 heavy (non-hydrogen) atoms. The minimum atomic E-state index is -4.27. The molecule has 2 unspecified atom stereocenters. The van der Waals surface area contributed by atoms with Crippen LogP contribution in [0, 0.1) is 0 Å². The molecule has 8 nitrogen and oxygen atoms in total. The Morgan fingerprint density at radius 3 is 1.55 bits per heavy atom. The Kier molecular flexibility index (Phi) is 38.9. The molecule has 3 N–H and O–H groups in total. The van der Waals surface area contributed by atoms with Crippen LogP contribution in [0.1, 0.15) is 187 Å². The molecule has 0 rings (SSSR count). The molecule has 0 aromatic heterocycles. The van der Waals surface area contributed by atoms with Crippen molar-refractivity contribution in [2.75, 3.05) is 33.0 Å². The van der Waals surface area contributed by atoms with Crippen LogP contribution in [0.25, 0.3) is 0 Å². The van der Waals surface area contributed by atoms with Crippen molar-refractivity contribution in [2.24, 2.45) is 5.73 Å². The standard InChI is InChI=1S/C42H80NO7P/c1-3-5-7-9-11-13-14-15-16-17-18-19-20-21-22-23-24-25-26-27-29-31-33-35-42(44)50-41(40-49-51(45,46)48-38-36-43)39-47-37-34-32-30-28-12-10-8-6-4-2/h14-15,17-18,20-21,41H,3-13,16,19,22-40,43H2,1-2H3,(H,45,46)/b15-14-,18-17-,21-20-. The largest absolute Gasteiger partial charge is 0.472 e. The molecular weight excluding hydrogens is 661 g/mol. The van der Waals surface area contributed by atoms with E-state index >= 15 is 0 Å². The highest BCUT2D eigenvalue weighted by molar-refractivity contribution is 7.47. The molecule has 0 fully saturated rings. The van der Waals surface area contributed by atoms with Crippen molar-refractivity contribution >= 4 is 13.8 Å². The van der Waals surface area contributed by atoms with E-state index in [1.807, 2.05) is 0 Å². The molecule has 0 aliphatic carbocycles. The molecule has 9 heteroatoms. The van der Waals surface area contributed by atoms with Crippen LogP contribution in [0.2, 0.25) is 0 Å². The van der Waals surface area contributed by atoms with Crippen molar-refractivity contribution in [3.63, 3.8) is 0 Å². The van der Waals surface area contributed by atoms with E-state index in [9.17, 15) is 14.3 Å². The van der Waals surface area contributed by atoms with Crippen LogP contribution in [0.4, 0.5) is 0 Å². The van der Waals surface area contributed by atoms with Crippen LogP contribution in [0.3, 0.4) is 0 Å². The minimum absolute atomic E-state index is 0.0966. The summed E-state index contributed by atoms with van der Waals surface area (Å²) in [6.45, 7) is 4.89. The quantitative estimate of drug-likeness (QED) is 0.0276. The molecule has 300 valence electrons. The molecule has 0 saturated heterocycles. The Morgan fingerprint density at radius 1 is 0.588 bits per heavy atom. The van der Waals surface area contributed by atoms with Crippen LogP contribution in [-0.4, -0.2) is 49.9 Å². The van der Waals surface area contributed by atoms with Crippen LogP contribution in [0.5, 0.6) is 0 Å². The summed E-state index contributed by atoms with van der Waals surface area (Å²) in [5, 5.41) is 0. The number of hydrogen-bond donors (Lipinski definition) is 2. The van der Waals surface area contributed by atoms with Gasteiger partial charge in [0.05, 0.1) is 19.8 Å². The lowest BCUT2D eigenvalue weighted by atomic mass is 10.1. The highest BCUT2D eigenvalue weighted by Gasteiger charge is 2.25. The first-order chi connectivity index (χ1) is 24.9. The summed E-state index contributed by atoms with van der Waals surface area (Å²) in [6.07, 6.45) is 44.5. The van der Waals surface area contributed by atoms with Crippen LogP contribution in [0.15, 0.2) is 36.5 Å². The van der Waals surface area contributed by atoms with Crippen molar-refractivity contribution in [1.82, 2.24) is 0 Å². The van der Waals surface area contributed by atoms with E-state index in [4.69, 9.17) is 24.3 Å². The second kappa shape index (κ2) is 39.9. The predicted octanol–water partition coefficient (Wildman–Crippen LogP) is 12.2. The topological polar surface area (TPSA) is 117 Å². The Balaban J connectivity index is 3.97. The molecule has 0 bridgehead atoms. The maximum Gasteiger partial charge on any atom is 0.472 e. The number of unbranched alkanes of at least 4 members (excludes halogenated alkanes) is 21. The number of allylic oxidation sites excluding steroid dienone is 6. The van der Waals surface area contributed by atoms with Gasteiger partial charge in [-0.2, -0.15) is 0 Å². The molecule has 0 aromatic carbocycles. The Labute approximate surface area is 314 Å². The van der Waals surface area contributed by atoms with Crippen molar-refractivity contribution in [3.8, 4) is 0 Å². The summed E-state index contributed by atoms with van der Waals surface area (Å²) >= 11 is 0. The summed E-state index contributed by atoms with van der Waals surface area (Å²) in [7, 11) is -4.27. The fourth-order valence-electron chi connectivity index (χ4n) is 5.71. The van der Waals surface area contributed by atoms with Crippen LogP contribution < -0.4 is 5.73 Å². The third-order valence-corrected chi connectivity index (χ3v) is 9.79. The van der Waals surface area contributed by atoms with Gasteiger partial charge in [0.1, 0.15) is 6.10 Å².